The highest BCUT2D eigenvalue weighted by molar-refractivity contribution is 6.05. The highest BCUT2D eigenvalue weighted by Crippen LogP contribution is 2.28. The van der Waals surface area contributed by atoms with Gasteiger partial charge in [0, 0.05) is 43.0 Å². The summed E-state index contributed by atoms with van der Waals surface area (Å²) >= 11 is 0. The summed E-state index contributed by atoms with van der Waals surface area (Å²) in [7, 11) is 0. The van der Waals surface area contributed by atoms with Gasteiger partial charge in [0.25, 0.3) is 5.91 Å². The summed E-state index contributed by atoms with van der Waals surface area (Å²) in [6.45, 7) is 4.09. The van der Waals surface area contributed by atoms with E-state index in [-0.39, 0.29) is 30.1 Å². The lowest BCUT2D eigenvalue weighted by molar-refractivity contribution is -0.137. The molecular formula is C24H26FN3O3. The summed E-state index contributed by atoms with van der Waals surface area (Å²) < 4.78 is 13.3. The molecule has 7 heteroatoms. The van der Waals surface area contributed by atoms with Crippen LogP contribution in [0.1, 0.15) is 36.5 Å². The second-order valence-corrected chi connectivity index (χ2v) is 8.42. The fourth-order valence-electron chi connectivity index (χ4n) is 4.17. The molecule has 2 aromatic carbocycles. The lowest BCUT2D eigenvalue weighted by Crippen LogP contribution is -2.42. The van der Waals surface area contributed by atoms with Crippen LogP contribution in [0.25, 0.3) is 0 Å². The van der Waals surface area contributed by atoms with Crippen LogP contribution in [0.4, 0.5) is 15.8 Å². The van der Waals surface area contributed by atoms with Gasteiger partial charge in [0.15, 0.2) is 0 Å². The van der Waals surface area contributed by atoms with Crippen molar-refractivity contribution in [1.29, 1.82) is 0 Å². The summed E-state index contributed by atoms with van der Waals surface area (Å²) in [4.78, 5) is 41.3. The maximum Gasteiger partial charge on any atom is 0.255 e. The summed E-state index contributed by atoms with van der Waals surface area (Å²) in [6.07, 6.45) is 2.23. The van der Waals surface area contributed by atoms with Crippen LogP contribution < -0.4 is 10.2 Å². The predicted octanol–water partition coefficient (Wildman–Crippen LogP) is 3.69. The third-order valence-corrected chi connectivity index (χ3v) is 6.09. The zero-order chi connectivity index (χ0) is 22.0. The van der Waals surface area contributed by atoms with Crippen molar-refractivity contribution in [1.82, 2.24) is 4.90 Å². The largest absolute Gasteiger partial charge is 0.342 e. The number of piperidine rings is 1. The van der Waals surface area contributed by atoms with Crippen LogP contribution in [0.2, 0.25) is 0 Å². The van der Waals surface area contributed by atoms with Crippen molar-refractivity contribution in [2.75, 3.05) is 29.9 Å². The second kappa shape index (κ2) is 8.88. The summed E-state index contributed by atoms with van der Waals surface area (Å²) in [5.41, 5.74) is 1.43. The van der Waals surface area contributed by atoms with Gasteiger partial charge in [0.1, 0.15) is 5.82 Å². The smallest absolute Gasteiger partial charge is 0.255 e. The van der Waals surface area contributed by atoms with Gasteiger partial charge in [0.2, 0.25) is 11.8 Å². The standard InChI is InChI=1S/C24H26FN3O3/c1-16-9-11-27(12-10-16)24(31)18-13-22(29)28(15-18)21-7-5-17(6-8-21)23(30)26-20-4-2-3-19(25)14-20/h2-8,14,16,18H,9-13,15H2,1H3,(H,26,30). The third kappa shape index (κ3) is 4.76. The van der Waals surface area contributed by atoms with Gasteiger partial charge in [-0.1, -0.05) is 13.0 Å². The monoisotopic (exact) mass is 423 g/mol. The van der Waals surface area contributed by atoms with Crippen LogP contribution >= 0.6 is 0 Å². The maximum absolute atomic E-state index is 13.3. The van der Waals surface area contributed by atoms with Crippen molar-refractivity contribution in [2.24, 2.45) is 11.8 Å². The Kier molecular flexibility index (Phi) is 6.02. The number of anilines is 2. The summed E-state index contributed by atoms with van der Waals surface area (Å²) in [5, 5.41) is 2.65. The zero-order valence-electron chi connectivity index (χ0n) is 17.5. The molecule has 1 unspecified atom stereocenters. The molecule has 1 N–H and O–H groups in total. The molecule has 2 aromatic rings. The van der Waals surface area contributed by atoms with Crippen molar-refractivity contribution in [2.45, 2.75) is 26.2 Å². The molecule has 0 aliphatic carbocycles. The van der Waals surface area contributed by atoms with E-state index >= 15 is 0 Å². The SMILES string of the molecule is CC1CCN(C(=O)C2CC(=O)N(c3ccc(C(=O)Nc4cccc(F)c4)cc3)C2)CC1. The Hall–Kier alpha value is -3.22. The predicted molar refractivity (Wildman–Crippen MR) is 116 cm³/mol. The summed E-state index contributed by atoms with van der Waals surface area (Å²) in [6, 6.07) is 12.3. The Morgan fingerprint density at radius 3 is 2.45 bits per heavy atom. The number of carbonyl (C=O) groups is 3. The molecule has 31 heavy (non-hydrogen) atoms. The molecular weight excluding hydrogens is 397 g/mol. The highest BCUT2D eigenvalue weighted by atomic mass is 19.1. The minimum absolute atomic E-state index is 0.0637. The number of halogens is 1. The van der Waals surface area contributed by atoms with E-state index in [4.69, 9.17) is 0 Å². The van der Waals surface area contributed by atoms with Gasteiger partial charge in [-0.3, -0.25) is 14.4 Å². The van der Waals surface area contributed by atoms with Crippen LogP contribution in [0, 0.1) is 17.7 Å². The van der Waals surface area contributed by atoms with Crippen molar-refractivity contribution in [3.63, 3.8) is 0 Å². The number of nitrogens with zero attached hydrogens (tertiary/aromatic N) is 2. The molecule has 1 atom stereocenters. The average Bonchev–Trinajstić information content (AvgIpc) is 3.15. The van der Waals surface area contributed by atoms with Crippen molar-refractivity contribution in [3.8, 4) is 0 Å². The first kappa shape index (κ1) is 21.0. The maximum atomic E-state index is 13.3. The molecule has 2 heterocycles. The van der Waals surface area contributed by atoms with Crippen molar-refractivity contribution >= 4 is 29.1 Å². The van der Waals surface area contributed by atoms with Crippen LogP contribution in [-0.2, 0) is 9.59 Å². The fourth-order valence-corrected chi connectivity index (χ4v) is 4.17. The zero-order valence-corrected chi connectivity index (χ0v) is 17.5. The molecule has 2 aliphatic rings. The molecule has 3 amide bonds. The van der Waals surface area contributed by atoms with E-state index < -0.39 is 5.82 Å². The van der Waals surface area contributed by atoms with Gasteiger partial charge in [-0.15, -0.1) is 0 Å². The van der Waals surface area contributed by atoms with E-state index in [0.29, 0.717) is 29.4 Å². The minimum Gasteiger partial charge on any atom is -0.342 e. The van der Waals surface area contributed by atoms with Crippen molar-refractivity contribution < 1.29 is 18.8 Å². The number of benzene rings is 2. The Morgan fingerprint density at radius 2 is 1.77 bits per heavy atom. The average molecular weight is 423 g/mol. The van der Waals surface area contributed by atoms with Gasteiger partial charge >= 0.3 is 0 Å². The lowest BCUT2D eigenvalue weighted by Gasteiger charge is -2.32. The molecule has 162 valence electrons. The Labute approximate surface area is 181 Å². The van der Waals surface area contributed by atoms with E-state index in [1.54, 1.807) is 35.2 Å². The lowest BCUT2D eigenvalue weighted by atomic mass is 9.97. The number of rotatable bonds is 4. The Balaban J connectivity index is 1.39. The van der Waals surface area contributed by atoms with E-state index in [9.17, 15) is 18.8 Å². The van der Waals surface area contributed by atoms with Crippen LogP contribution in [0.15, 0.2) is 48.5 Å². The molecule has 2 aliphatic heterocycles. The Bertz CT molecular complexity index is 984. The second-order valence-electron chi connectivity index (χ2n) is 8.42. The molecule has 0 spiro atoms. The highest BCUT2D eigenvalue weighted by Gasteiger charge is 2.37. The first-order valence-electron chi connectivity index (χ1n) is 10.7. The number of hydrogen-bond donors (Lipinski definition) is 1. The molecule has 0 saturated carbocycles. The molecule has 2 saturated heterocycles. The van der Waals surface area contributed by atoms with Gasteiger partial charge in [0.05, 0.1) is 5.92 Å². The number of carbonyl (C=O) groups excluding carboxylic acids is 3. The molecule has 0 aromatic heterocycles. The number of nitrogens with one attached hydrogen (secondary N) is 1. The number of hydrogen-bond acceptors (Lipinski definition) is 3. The van der Waals surface area contributed by atoms with Crippen molar-refractivity contribution in [3.05, 3.63) is 59.9 Å². The van der Waals surface area contributed by atoms with Gasteiger partial charge < -0.3 is 15.1 Å². The first-order chi connectivity index (χ1) is 14.9. The van der Waals surface area contributed by atoms with E-state index in [1.807, 2.05) is 4.90 Å². The van der Waals surface area contributed by atoms with Crippen LogP contribution in [0.3, 0.4) is 0 Å². The third-order valence-electron chi connectivity index (χ3n) is 6.09. The number of amides is 3. The molecule has 4 rings (SSSR count). The fraction of sp³-hybridized carbons (Fsp3) is 0.375. The van der Waals surface area contributed by atoms with Gasteiger partial charge in [-0.05, 0) is 61.2 Å². The molecule has 2 fully saturated rings. The molecule has 0 bridgehead atoms. The summed E-state index contributed by atoms with van der Waals surface area (Å²) in [5.74, 6) is -0.491. The van der Waals surface area contributed by atoms with Gasteiger partial charge in [-0.2, -0.15) is 0 Å². The van der Waals surface area contributed by atoms with E-state index in [1.165, 1.54) is 18.2 Å². The molecule has 0 radical (unpaired) electrons. The molecule has 6 nitrogen and oxygen atoms in total. The normalized spacial score (nSPS) is 19.5. The Morgan fingerprint density at radius 1 is 1.06 bits per heavy atom. The van der Waals surface area contributed by atoms with Crippen LogP contribution in [-0.4, -0.2) is 42.3 Å². The minimum atomic E-state index is -0.427. The van der Waals surface area contributed by atoms with E-state index in [2.05, 4.69) is 12.2 Å². The van der Waals surface area contributed by atoms with Gasteiger partial charge in [-0.25, -0.2) is 4.39 Å². The first-order valence-corrected chi connectivity index (χ1v) is 10.7. The van der Waals surface area contributed by atoms with E-state index in [0.717, 1.165) is 25.9 Å². The number of likely N-dealkylation sites (tertiary alicyclic amines) is 1. The topological polar surface area (TPSA) is 69.7 Å². The van der Waals surface area contributed by atoms with Crippen LogP contribution in [0.5, 0.6) is 0 Å². The quantitative estimate of drug-likeness (QED) is 0.816.